The first-order valence-corrected chi connectivity index (χ1v) is 8.61. The van der Waals surface area contributed by atoms with Gasteiger partial charge in [0.05, 0.1) is 5.69 Å². The highest BCUT2D eigenvalue weighted by atomic mass is 32.1. The summed E-state index contributed by atoms with van der Waals surface area (Å²) in [4.78, 5) is 16.4. The van der Waals surface area contributed by atoms with Gasteiger partial charge < -0.3 is 10.4 Å². The summed E-state index contributed by atoms with van der Waals surface area (Å²) in [5.41, 5.74) is 1.08. The lowest BCUT2D eigenvalue weighted by atomic mass is 9.79. The number of nitrogens with zero attached hydrogens (tertiary/aromatic N) is 1. The molecule has 21 heavy (non-hydrogen) atoms. The largest absolute Gasteiger partial charge is 0.396 e. The molecule has 3 N–H and O–H groups in total. The van der Waals surface area contributed by atoms with E-state index >= 15 is 0 Å². The Morgan fingerprint density at radius 2 is 2.19 bits per heavy atom. The number of amides is 2. The van der Waals surface area contributed by atoms with Crippen LogP contribution in [0, 0.1) is 5.41 Å². The highest BCUT2D eigenvalue weighted by Gasteiger charge is 2.27. The fourth-order valence-electron chi connectivity index (χ4n) is 2.50. The molecule has 0 bridgehead atoms. The molecular weight excluding hydrogens is 286 g/mol. The second kappa shape index (κ2) is 7.22. The Morgan fingerprint density at radius 1 is 1.48 bits per heavy atom. The summed E-state index contributed by atoms with van der Waals surface area (Å²) >= 11 is 1.48. The molecule has 1 heterocycles. The minimum Gasteiger partial charge on any atom is -0.396 e. The molecule has 1 fully saturated rings. The van der Waals surface area contributed by atoms with Crippen molar-refractivity contribution in [2.75, 3.05) is 18.5 Å². The van der Waals surface area contributed by atoms with E-state index in [2.05, 4.69) is 29.5 Å². The Morgan fingerprint density at radius 3 is 2.76 bits per heavy atom. The third-order valence-electron chi connectivity index (χ3n) is 4.50. The third kappa shape index (κ3) is 4.41. The molecule has 0 radical (unpaired) electrons. The van der Waals surface area contributed by atoms with E-state index < -0.39 is 0 Å². The molecule has 2 amide bonds. The number of nitrogens with one attached hydrogen (secondary N) is 2. The van der Waals surface area contributed by atoms with Crippen LogP contribution in [-0.4, -0.2) is 29.3 Å². The molecule has 1 saturated carbocycles. The van der Waals surface area contributed by atoms with Crippen LogP contribution in [0.4, 0.5) is 9.93 Å². The van der Waals surface area contributed by atoms with Crippen LogP contribution in [0.25, 0.3) is 0 Å². The number of carbonyl (C=O) groups excluding carboxylic acids is 1. The van der Waals surface area contributed by atoms with Crippen molar-refractivity contribution in [2.45, 2.75) is 51.9 Å². The summed E-state index contributed by atoms with van der Waals surface area (Å²) in [6.07, 6.45) is 5.02. The maximum absolute atomic E-state index is 12.0. The first-order chi connectivity index (χ1) is 10.1. The number of anilines is 1. The van der Waals surface area contributed by atoms with Crippen molar-refractivity contribution in [3.8, 4) is 0 Å². The quantitative estimate of drug-likeness (QED) is 0.689. The van der Waals surface area contributed by atoms with Gasteiger partial charge in [-0.25, -0.2) is 9.78 Å². The molecule has 0 atom stereocenters. The maximum Gasteiger partial charge on any atom is 0.321 e. The first kappa shape index (κ1) is 16.2. The molecule has 0 spiro atoms. The van der Waals surface area contributed by atoms with Crippen molar-refractivity contribution in [3.63, 3.8) is 0 Å². The van der Waals surface area contributed by atoms with Crippen LogP contribution in [0.3, 0.4) is 0 Å². The minimum absolute atomic E-state index is 0.0197. The first-order valence-electron chi connectivity index (χ1n) is 7.73. The van der Waals surface area contributed by atoms with E-state index in [-0.39, 0.29) is 18.1 Å². The maximum atomic E-state index is 12.0. The monoisotopic (exact) mass is 311 g/mol. The number of urea groups is 1. The van der Waals surface area contributed by atoms with Crippen molar-refractivity contribution in [3.05, 3.63) is 11.1 Å². The molecule has 6 heteroatoms. The number of thiazole rings is 1. The molecule has 0 aliphatic heterocycles. The summed E-state index contributed by atoms with van der Waals surface area (Å²) in [5, 5.41) is 17.6. The van der Waals surface area contributed by atoms with Crippen LogP contribution in [0.2, 0.25) is 0 Å². The van der Waals surface area contributed by atoms with E-state index in [1.807, 2.05) is 5.38 Å². The van der Waals surface area contributed by atoms with Crippen LogP contribution in [0.15, 0.2) is 5.38 Å². The molecule has 118 valence electrons. The standard InChI is InChI=1S/C15H25N3O2S/c1-3-15(4-2,7-8-19)10-16-13(20)18-14-17-12(9-21-14)11-5-6-11/h9,11,19H,3-8,10H2,1-2H3,(H2,16,17,18,20). The van der Waals surface area contributed by atoms with E-state index in [4.69, 9.17) is 0 Å². The fourth-order valence-corrected chi connectivity index (χ4v) is 3.29. The van der Waals surface area contributed by atoms with Gasteiger partial charge in [-0.1, -0.05) is 13.8 Å². The Balaban J connectivity index is 1.82. The average molecular weight is 311 g/mol. The summed E-state index contributed by atoms with van der Waals surface area (Å²) in [7, 11) is 0. The summed E-state index contributed by atoms with van der Waals surface area (Å²) in [6, 6.07) is -0.212. The minimum atomic E-state index is -0.212. The Bertz CT molecular complexity index is 467. The van der Waals surface area contributed by atoms with Gasteiger partial charge >= 0.3 is 6.03 Å². The van der Waals surface area contributed by atoms with Crippen LogP contribution in [0.1, 0.15) is 57.6 Å². The third-order valence-corrected chi connectivity index (χ3v) is 5.28. The van der Waals surface area contributed by atoms with Gasteiger partial charge in [0.1, 0.15) is 0 Å². The van der Waals surface area contributed by atoms with E-state index in [1.165, 1.54) is 24.2 Å². The summed E-state index contributed by atoms with van der Waals surface area (Å²) in [6.45, 7) is 4.93. The van der Waals surface area contributed by atoms with Crippen LogP contribution in [-0.2, 0) is 0 Å². The molecule has 1 aliphatic rings. The molecule has 1 aromatic rings. The zero-order valence-electron chi connectivity index (χ0n) is 12.8. The van der Waals surface area contributed by atoms with Crippen LogP contribution < -0.4 is 10.6 Å². The van der Waals surface area contributed by atoms with E-state index in [9.17, 15) is 9.90 Å². The molecule has 1 aliphatic carbocycles. The molecule has 1 aromatic heterocycles. The zero-order chi connectivity index (χ0) is 15.3. The number of hydrogen-bond acceptors (Lipinski definition) is 4. The van der Waals surface area contributed by atoms with E-state index in [0.717, 1.165) is 18.5 Å². The lowest BCUT2D eigenvalue weighted by Gasteiger charge is -2.31. The van der Waals surface area contributed by atoms with Gasteiger partial charge in [0.15, 0.2) is 5.13 Å². The van der Waals surface area contributed by atoms with Gasteiger partial charge in [-0.05, 0) is 37.5 Å². The number of aliphatic hydroxyl groups excluding tert-OH is 1. The zero-order valence-corrected chi connectivity index (χ0v) is 13.6. The van der Waals surface area contributed by atoms with Gasteiger partial charge in [-0.15, -0.1) is 11.3 Å². The van der Waals surface area contributed by atoms with Crippen molar-refractivity contribution in [1.29, 1.82) is 0 Å². The normalized spacial score (nSPS) is 15.0. The molecule has 0 unspecified atom stereocenters. The summed E-state index contributed by atoms with van der Waals surface area (Å²) < 4.78 is 0. The van der Waals surface area contributed by atoms with E-state index in [0.29, 0.717) is 24.0 Å². The van der Waals surface area contributed by atoms with E-state index in [1.54, 1.807) is 0 Å². The average Bonchev–Trinajstić information content (AvgIpc) is 3.24. The van der Waals surface area contributed by atoms with Crippen molar-refractivity contribution in [1.82, 2.24) is 10.3 Å². The van der Waals surface area contributed by atoms with Crippen molar-refractivity contribution in [2.24, 2.45) is 5.41 Å². The predicted molar refractivity (Wildman–Crippen MR) is 85.8 cm³/mol. The van der Waals surface area contributed by atoms with Crippen LogP contribution >= 0.6 is 11.3 Å². The number of aliphatic hydroxyl groups is 1. The topological polar surface area (TPSA) is 74.2 Å². The number of hydrogen-bond donors (Lipinski definition) is 3. The SMILES string of the molecule is CCC(CC)(CCO)CNC(=O)Nc1nc(C2CC2)cs1. The molecule has 0 aromatic carbocycles. The highest BCUT2D eigenvalue weighted by Crippen LogP contribution is 2.40. The second-order valence-corrected chi connectivity index (χ2v) is 6.70. The van der Waals surface area contributed by atoms with Gasteiger partial charge in [0.2, 0.25) is 0 Å². The van der Waals surface area contributed by atoms with Crippen molar-refractivity contribution < 1.29 is 9.90 Å². The lowest BCUT2D eigenvalue weighted by molar-refractivity contribution is 0.165. The van der Waals surface area contributed by atoms with Crippen molar-refractivity contribution >= 4 is 22.5 Å². The van der Waals surface area contributed by atoms with Gasteiger partial charge in [-0.3, -0.25) is 5.32 Å². The number of aromatic nitrogens is 1. The number of carbonyl (C=O) groups is 1. The van der Waals surface area contributed by atoms with Gasteiger partial charge in [0, 0.05) is 24.4 Å². The second-order valence-electron chi connectivity index (χ2n) is 5.84. The predicted octanol–water partition coefficient (Wildman–Crippen LogP) is 3.33. The van der Waals surface area contributed by atoms with Gasteiger partial charge in [0.25, 0.3) is 0 Å². The molecule has 5 nitrogen and oxygen atoms in total. The number of rotatable bonds is 8. The smallest absolute Gasteiger partial charge is 0.321 e. The van der Waals surface area contributed by atoms with Gasteiger partial charge in [-0.2, -0.15) is 0 Å². The lowest BCUT2D eigenvalue weighted by Crippen LogP contribution is -2.39. The molecule has 2 rings (SSSR count). The Kier molecular flexibility index (Phi) is 5.58. The van der Waals surface area contributed by atoms with Crippen LogP contribution in [0.5, 0.6) is 0 Å². The Labute approximate surface area is 130 Å². The highest BCUT2D eigenvalue weighted by molar-refractivity contribution is 7.13. The summed E-state index contributed by atoms with van der Waals surface area (Å²) in [5.74, 6) is 0.609. The molecular formula is C15H25N3O2S. The fraction of sp³-hybridized carbons (Fsp3) is 0.733. The molecule has 0 saturated heterocycles. The Hall–Kier alpha value is -1.14.